The van der Waals surface area contributed by atoms with E-state index in [4.69, 9.17) is 18.9 Å². The Bertz CT molecular complexity index is 750. The summed E-state index contributed by atoms with van der Waals surface area (Å²) in [5.41, 5.74) is 1.55. The van der Waals surface area contributed by atoms with Crippen LogP contribution in [-0.4, -0.2) is 58.0 Å². The quantitative estimate of drug-likeness (QED) is 0.478. The van der Waals surface area contributed by atoms with Crippen molar-refractivity contribution in [2.45, 2.75) is 19.9 Å². The minimum Gasteiger partial charge on any atom is -0.497 e. The van der Waals surface area contributed by atoms with Gasteiger partial charge in [0.15, 0.2) is 0 Å². The number of carbonyl (C=O) groups excluding carboxylic acids is 1. The zero-order valence-corrected chi connectivity index (χ0v) is 17.6. The van der Waals surface area contributed by atoms with Crippen LogP contribution in [0, 0.1) is 0 Å². The zero-order valence-electron chi connectivity index (χ0n) is 17.6. The molecule has 6 nitrogen and oxygen atoms in total. The Morgan fingerprint density at radius 2 is 1.83 bits per heavy atom. The molecule has 0 aliphatic heterocycles. The number of para-hydroxylation sites is 1. The molecule has 0 atom stereocenters. The van der Waals surface area contributed by atoms with Crippen molar-refractivity contribution in [1.29, 1.82) is 0 Å². The monoisotopic (exact) mass is 401 g/mol. The SMILES string of the molecule is CCOCCOc1ccccc1C(=O)N(CCCOC)Cc1cccc(OC)c1. The van der Waals surface area contributed by atoms with Crippen molar-refractivity contribution >= 4 is 5.91 Å². The van der Waals surface area contributed by atoms with Crippen LogP contribution in [-0.2, 0) is 16.0 Å². The van der Waals surface area contributed by atoms with Crippen molar-refractivity contribution in [3.63, 3.8) is 0 Å². The van der Waals surface area contributed by atoms with Gasteiger partial charge in [-0.15, -0.1) is 0 Å². The van der Waals surface area contributed by atoms with Gasteiger partial charge >= 0.3 is 0 Å². The number of methoxy groups -OCH3 is 2. The van der Waals surface area contributed by atoms with Gasteiger partial charge in [-0.25, -0.2) is 0 Å². The smallest absolute Gasteiger partial charge is 0.257 e. The molecule has 0 saturated heterocycles. The third kappa shape index (κ3) is 7.40. The first-order chi connectivity index (χ1) is 14.2. The summed E-state index contributed by atoms with van der Waals surface area (Å²) in [5.74, 6) is 1.27. The lowest BCUT2D eigenvalue weighted by molar-refractivity contribution is 0.0713. The van der Waals surface area contributed by atoms with Crippen molar-refractivity contribution in [2.75, 3.05) is 47.2 Å². The molecule has 0 N–H and O–H groups in total. The lowest BCUT2D eigenvalue weighted by atomic mass is 10.1. The van der Waals surface area contributed by atoms with Crippen LogP contribution in [0.4, 0.5) is 0 Å². The largest absolute Gasteiger partial charge is 0.497 e. The second-order valence-electron chi connectivity index (χ2n) is 6.47. The Morgan fingerprint density at radius 3 is 2.59 bits per heavy atom. The van der Waals surface area contributed by atoms with Crippen LogP contribution in [0.5, 0.6) is 11.5 Å². The van der Waals surface area contributed by atoms with E-state index >= 15 is 0 Å². The fourth-order valence-corrected chi connectivity index (χ4v) is 2.94. The maximum absolute atomic E-state index is 13.4. The van der Waals surface area contributed by atoms with Crippen molar-refractivity contribution < 1.29 is 23.7 Å². The average molecular weight is 402 g/mol. The van der Waals surface area contributed by atoms with Gasteiger partial charge in [-0.05, 0) is 43.2 Å². The molecule has 0 radical (unpaired) electrons. The fraction of sp³-hybridized carbons (Fsp3) is 0.435. The first kappa shape index (κ1) is 22.7. The molecule has 2 aromatic rings. The summed E-state index contributed by atoms with van der Waals surface area (Å²) in [4.78, 5) is 15.2. The average Bonchev–Trinajstić information content (AvgIpc) is 2.76. The van der Waals surface area contributed by atoms with Crippen LogP contribution in [0.25, 0.3) is 0 Å². The second-order valence-corrected chi connectivity index (χ2v) is 6.47. The number of carbonyl (C=O) groups is 1. The van der Waals surface area contributed by atoms with E-state index in [-0.39, 0.29) is 5.91 Å². The van der Waals surface area contributed by atoms with Crippen LogP contribution < -0.4 is 9.47 Å². The molecule has 0 aromatic heterocycles. The summed E-state index contributed by atoms with van der Waals surface area (Å²) >= 11 is 0. The summed E-state index contributed by atoms with van der Waals surface area (Å²) in [6.07, 6.45) is 0.750. The molecule has 0 spiro atoms. The molecule has 0 bridgehead atoms. The van der Waals surface area contributed by atoms with Crippen molar-refractivity contribution in [3.8, 4) is 11.5 Å². The van der Waals surface area contributed by atoms with E-state index in [9.17, 15) is 4.79 Å². The van der Waals surface area contributed by atoms with E-state index < -0.39 is 0 Å². The molecule has 0 aliphatic carbocycles. The normalized spacial score (nSPS) is 10.6. The predicted octanol–water partition coefficient (Wildman–Crippen LogP) is 3.79. The van der Waals surface area contributed by atoms with Crippen molar-refractivity contribution in [2.24, 2.45) is 0 Å². The number of hydrogen-bond donors (Lipinski definition) is 0. The Balaban J connectivity index is 2.17. The Hall–Kier alpha value is -2.57. The molecule has 0 unspecified atom stereocenters. The number of benzene rings is 2. The van der Waals surface area contributed by atoms with E-state index in [1.54, 1.807) is 20.3 Å². The van der Waals surface area contributed by atoms with Gasteiger partial charge in [0.1, 0.15) is 18.1 Å². The molecular formula is C23H31NO5. The maximum Gasteiger partial charge on any atom is 0.257 e. The predicted molar refractivity (Wildman–Crippen MR) is 113 cm³/mol. The van der Waals surface area contributed by atoms with Gasteiger partial charge in [0.05, 0.1) is 19.3 Å². The minimum absolute atomic E-state index is 0.0732. The van der Waals surface area contributed by atoms with E-state index in [1.165, 1.54) is 0 Å². The molecule has 0 fully saturated rings. The molecular weight excluding hydrogens is 370 g/mol. The highest BCUT2D eigenvalue weighted by atomic mass is 16.5. The Morgan fingerprint density at radius 1 is 1.00 bits per heavy atom. The van der Waals surface area contributed by atoms with Gasteiger partial charge in [-0.1, -0.05) is 24.3 Å². The fourth-order valence-electron chi connectivity index (χ4n) is 2.94. The van der Waals surface area contributed by atoms with Gasteiger partial charge in [-0.3, -0.25) is 4.79 Å². The third-order valence-electron chi connectivity index (χ3n) is 4.38. The highest BCUT2D eigenvalue weighted by Crippen LogP contribution is 2.22. The highest BCUT2D eigenvalue weighted by molar-refractivity contribution is 5.96. The van der Waals surface area contributed by atoms with E-state index in [0.717, 1.165) is 17.7 Å². The molecule has 1 amide bonds. The first-order valence-electron chi connectivity index (χ1n) is 9.90. The highest BCUT2D eigenvalue weighted by Gasteiger charge is 2.20. The second kappa shape index (κ2) is 12.8. The Labute approximate surface area is 173 Å². The van der Waals surface area contributed by atoms with E-state index in [1.807, 2.05) is 54.3 Å². The summed E-state index contributed by atoms with van der Waals surface area (Å²) in [7, 11) is 3.30. The van der Waals surface area contributed by atoms with Gasteiger partial charge in [0.25, 0.3) is 5.91 Å². The number of rotatable bonds is 13. The number of ether oxygens (including phenoxy) is 4. The summed E-state index contributed by atoms with van der Waals surface area (Å²) < 4.78 is 21.6. The third-order valence-corrected chi connectivity index (χ3v) is 4.38. The Kier molecular flexibility index (Phi) is 10.0. The lowest BCUT2D eigenvalue weighted by Gasteiger charge is -2.24. The number of hydrogen-bond acceptors (Lipinski definition) is 5. The van der Waals surface area contributed by atoms with Gasteiger partial charge in [0, 0.05) is 33.4 Å². The molecule has 0 saturated carbocycles. The topological polar surface area (TPSA) is 57.2 Å². The number of nitrogens with zero attached hydrogens (tertiary/aromatic N) is 1. The molecule has 6 heteroatoms. The van der Waals surface area contributed by atoms with Crippen LogP contribution in [0.1, 0.15) is 29.3 Å². The van der Waals surface area contributed by atoms with Crippen molar-refractivity contribution in [1.82, 2.24) is 4.90 Å². The lowest BCUT2D eigenvalue weighted by Crippen LogP contribution is -2.32. The van der Waals surface area contributed by atoms with Crippen LogP contribution in [0.3, 0.4) is 0 Å². The molecule has 29 heavy (non-hydrogen) atoms. The molecule has 2 aromatic carbocycles. The minimum atomic E-state index is -0.0732. The van der Waals surface area contributed by atoms with E-state index in [0.29, 0.717) is 50.8 Å². The summed E-state index contributed by atoms with van der Waals surface area (Å²) in [6, 6.07) is 15.1. The summed E-state index contributed by atoms with van der Waals surface area (Å²) in [6.45, 7) is 5.11. The first-order valence-corrected chi connectivity index (χ1v) is 9.90. The van der Waals surface area contributed by atoms with Gasteiger partial charge in [-0.2, -0.15) is 0 Å². The summed E-state index contributed by atoms with van der Waals surface area (Å²) in [5, 5.41) is 0. The van der Waals surface area contributed by atoms with Gasteiger partial charge < -0.3 is 23.8 Å². The molecule has 0 heterocycles. The van der Waals surface area contributed by atoms with Crippen LogP contribution in [0.2, 0.25) is 0 Å². The van der Waals surface area contributed by atoms with Gasteiger partial charge in [0.2, 0.25) is 0 Å². The molecule has 0 aliphatic rings. The number of amides is 1. The molecule has 2 rings (SSSR count). The van der Waals surface area contributed by atoms with Crippen LogP contribution in [0.15, 0.2) is 48.5 Å². The molecule has 158 valence electrons. The van der Waals surface area contributed by atoms with Crippen LogP contribution >= 0.6 is 0 Å². The standard InChI is InChI=1S/C23H31NO5/c1-4-28-15-16-29-22-12-6-5-11-21(22)23(25)24(13-8-14-26-2)18-19-9-7-10-20(17-19)27-3/h5-7,9-12,17H,4,8,13-16,18H2,1-3H3. The van der Waals surface area contributed by atoms with E-state index in [2.05, 4.69) is 0 Å². The maximum atomic E-state index is 13.4. The zero-order chi connectivity index (χ0) is 20.9. The van der Waals surface area contributed by atoms with Crippen molar-refractivity contribution in [3.05, 3.63) is 59.7 Å².